The van der Waals surface area contributed by atoms with Crippen molar-refractivity contribution in [3.8, 4) is 5.75 Å². The van der Waals surface area contributed by atoms with Crippen LogP contribution < -0.4 is 4.74 Å². The second-order valence-corrected chi connectivity index (χ2v) is 5.53. The maximum Gasteiger partial charge on any atom is 0.208 e. The smallest absolute Gasteiger partial charge is 0.208 e. The minimum absolute atomic E-state index is 0.284. The molecule has 0 saturated heterocycles. The molecule has 19 heavy (non-hydrogen) atoms. The van der Waals surface area contributed by atoms with Crippen LogP contribution in [-0.2, 0) is 17.1 Å². The van der Waals surface area contributed by atoms with E-state index in [1.807, 2.05) is 19.1 Å². The van der Waals surface area contributed by atoms with Gasteiger partial charge in [0.05, 0.1) is 6.61 Å². The van der Waals surface area contributed by atoms with Gasteiger partial charge in [0, 0.05) is 21.9 Å². The number of nitrogens with one attached hydrogen (secondary N) is 1. The van der Waals surface area contributed by atoms with Gasteiger partial charge in [-0.25, -0.2) is 4.98 Å². The normalized spacial score (nSPS) is 14.0. The Kier molecular flexibility index (Phi) is 3.63. The van der Waals surface area contributed by atoms with Gasteiger partial charge < -0.3 is 9.47 Å². The number of fused-ring (bicyclic) bond motifs is 1. The number of benzene rings is 1. The molecule has 0 atom stereocenters. The highest BCUT2D eigenvalue weighted by molar-refractivity contribution is 7.98. The number of H-pyrrole nitrogens is 1. The third kappa shape index (κ3) is 2.86. The van der Waals surface area contributed by atoms with E-state index in [2.05, 4.69) is 15.2 Å². The van der Waals surface area contributed by atoms with Crippen molar-refractivity contribution in [2.24, 2.45) is 0 Å². The maximum absolute atomic E-state index is 6.11. The van der Waals surface area contributed by atoms with E-state index in [9.17, 15) is 0 Å². The van der Waals surface area contributed by atoms with Crippen LogP contribution in [-0.4, -0.2) is 22.0 Å². The number of aromatic amines is 1. The first kappa shape index (κ1) is 12.8. The Balaban J connectivity index is 1.82. The first-order valence-corrected chi connectivity index (χ1v) is 7.12. The summed E-state index contributed by atoms with van der Waals surface area (Å²) in [5.74, 6) is 2.39. The Morgan fingerprint density at radius 1 is 1.47 bits per heavy atom. The molecule has 1 N–H and O–H groups in total. The average molecular weight is 298 g/mol. The highest BCUT2D eigenvalue weighted by Crippen LogP contribution is 2.34. The lowest BCUT2D eigenvalue weighted by Gasteiger charge is -2.20. The topological polar surface area (TPSA) is 60.0 Å². The largest absolute Gasteiger partial charge is 0.467 e. The van der Waals surface area contributed by atoms with Crippen molar-refractivity contribution in [2.75, 3.05) is 6.79 Å². The number of hydrogen-bond donors (Lipinski definition) is 1. The molecule has 7 heteroatoms. The van der Waals surface area contributed by atoms with Crippen molar-refractivity contribution >= 4 is 23.4 Å². The van der Waals surface area contributed by atoms with E-state index >= 15 is 0 Å². The number of nitrogens with zero attached hydrogens (tertiary/aromatic N) is 2. The number of hydrogen-bond acceptors (Lipinski definition) is 5. The summed E-state index contributed by atoms with van der Waals surface area (Å²) in [5.41, 5.74) is 2.03. The summed E-state index contributed by atoms with van der Waals surface area (Å²) in [5, 5.41) is 8.32. The van der Waals surface area contributed by atoms with Gasteiger partial charge in [0.25, 0.3) is 0 Å². The van der Waals surface area contributed by atoms with Crippen LogP contribution in [0.15, 0.2) is 17.3 Å². The molecule has 2 aromatic rings. The summed E-state index contributed by atoms with van der Waals surface area (Å²) in [6.45, 7) is 2.69. The zero-order valence-corrected chi connectivity index (χ0v) is 11.8. The summed E-state index contributed by atoms with van der Waals surface area (Å²) in [6.07, 6.45) is 0. The molecular formula is C12H12ClN3O2S. The lowest BCUT2D eigenvalue weighted by molar-refractivity contribution is -0.0168. The van der Waals surface area contributed by atoms with E-state index in [1.54, 1.807) is 11.8 Å². The molecule has 0 spiro atoms. The molecule has 5 nitrogen and oxygen atoms in total. The fraction of sp³-hybridized carbons (Fsp3) is 0.333. The molecule has 2 heterocycles. The number of rotatable bonds is 3. The summed E-state index contributed by atoms with van der Waals surface area (Å²) in [6, 6.07) is 3.79. The van der Waals surface area contributed by atoms with Gasteiger partial charge in [0.1, 0.15) is 11.6 Å². The number of aromatic nitrogens is 3. The van der Waals surface area contributed by atoms with Gasteiger partial charge in [0.15, 0.2) is 6.79 Å². The van der Waals surface area contributed by atoms with E-state index in [4.69, 9.17) is 21.1 Å². The predicted octanol–water partition coefficient (Wildman–Crippen LogP) is 2.93. The molecule has 1 aromatic carbocycles. The van der Waals surface area contributed by atoms with Crippen LogP contribution in [0.1, 0.15) is 17.0 Å². The van der Waals surface area contributed by atoms with Crippen LogP contribution in [0.5, 0.6) is 5.75 Å². The van der Waals surface area contributed by atoms with Gasteiger partial charge in [-0.3, -0.25) is 5.10 Å². The van der Waals surface area contributed by atoms with Crippen molar-refractivity contribution in [2.45, 2.75) is 24.4 Å². The van der Waals surface area contributed by atoms with E-state index in [1.165, 1.54) is 0 Å². The summed E-state index contributed by atoms with van der Waals surface area (Å²) in [7, 11) is 0. The lowest BCUT2D eigenvalue weighted by Crippen LogP contribution is -2.12. The van der Waals surface area contributed by atoms with Gasteiger partial charge in [-0.1, -0.05) is 23.4 Å². The maximum atomic E-state index is 6.11. The van der Waals surface area contributed by atoms with Crippen molar-refractivity contribution < 1.29 is 9.47 Å². The molecule has 1 aliphatic heterocycles. The van der Waals surface area contributed by atoms with Gasteiger partial charge >= 0.3 is 0 Å². The third-order valence-corrected chi connectivity index (χ3v) is 3.80. The van der Waals surface area contributed by atoms with Gasteiger partial charge in [-0.2, -0.15) is 0 Å². The molecule has 0 radical (unpaired) electrons. The van der Waals surface area contributed by atoms with Crippen molar-refractivity contribution in [1.82, 2.24) is 15.2 Å². The molecular weight excluding hydrogens is 286 g/mol. The van der Waals surface area contributed by atoms with Crippen LogP contribution in [0.2, 0.25) is 5.02 Å². The minimum atomic E-state index is 0.284. The van der Waals surface area contributed by atoms with Crippen molar-refractivity contribution in [3.63, 3.8) is 0 Å². The molecule has 100 valence electrons. The molecule has 1 aliphatic rings. The molecule has 0 saturated carbocycles. The van der Waals surface area contributed by atoms with Gasteiger partial charge in [0.2, 0.25) is 5.16 Å². The second-order valence-electron chi connectivity index (χ2n) is 4.16. The summed E-state index contributed by atoms with van der Waals surface area (Å²) >= 11 is 7.65. The number of halogens is 1. The summed E-state index contributed by atoms with van der Waals surface area (Å²) in [4.78, 5) is 4.26. The Labute approximate surface area is 119 Å². The van der Waals surface area contributed by atoms with Crippen LogP contribution in [0, 0.1) is 6.92 Å². The second kappa shape index (κ2) is 5.40. The van der Waals surface area contributed by atoms with Crippen LogP contribution in [0.4, 0.5) is 0 Å². The number of thioether (sulfide) groups is 1. The number of ether oxygens (including phenoxy) is 2. The zero-order chi connectivity index (χ0) is 13.2. The fourth-order valence-electron chi connectivity index (χ4n) is 1.89. The van der Waals surface area contributed by atoms with E-state index in [0.29, 0.717) is 17.4 Å². The Bertz CT molecular complexity index is 603. The van der Waals surface area contributed by atoms with E-state index in [0.717, 1.165) is 27.9 Å². The first-order chi connectivity index (χ1) is 9.22. The van der Waals surface area contributed by atoms with Gasteiger partial charge in [-0.15, -0.1) is 5.10 Å². The van der Waals surface area contributed by atoms with E-state index in [-0.39, 0.29) is 6.79 Å². The first-order valence-electron chi connectivity index (χ1n) is 5.76. The quantitative estimate of drug-likeness (QED) is 0.883. The Morgan fingerprint density at radius 2 is 2.37 bits per heavy atom. The highest BCUT2D eigenvalue weighted by Gasteiger charge is 2.17. The van der Waals surface area contributed by atoms with Gasteiger partial charge in [-0.05, 0) is 19.1 Å². The van der Waals surface area contributed by atoms with Crippen LogP contribution >= 0.6 is 23.4 Å². The monoisotopic (exact) mass is 297 g/mol. The SMILES string of the molecule is Cc1nc(SCc2cc(Cl)cc3c2OCOC3)n[nH]1. The minimum Gasteiger partial charge on any atom is -0.467 e. The summed E-state index contributed by atoms with van der Waals surface area (Å²) < 4.78 is 10.8. The zero-order valence-electron chi connectivity index (χ0n) is 10.3. The predicted molar refractivity (Wildman–Crippen MR) is 72.4 cm³/mol. The molecule has 0 unspecified atom stereocenters. The number of aryl methyl sites for hydroxylation is 1. The Morgan fingerprint density at radius 3 is 3.16 bits per heavy atom. The molecule has 0 fully saturated rings. The lowest BCUT2D eigenvalue weighted by atomic mass is 10.1. The molecule has 1 aromatic heterocycles. The Hall–Kier alpha value is -1.24. The van der Waals surface area contributed by atoms with E-state index < -0.39 is 0 Å². The average Bonchev–Trinajstić information content (AvgIpc) is 2.81. The molecule has 0 aliphatic carbocycles. The fourth-order valence-corrected chi connectivity index (χ4v) is 2.97. The van der Waals surface area contributed by atoms with Crippen molar-refractivity contribution in [1.29, 1.82) is 0 Å². The molecule has 0 amide bonds. The molecule has 0 bridgehead atoms. The van der Waals surface area contributed by atoms with Crippen molar-refractivity contribution in [3.05, 3.63) is 34.1 Å². The van der Waals surface area contributed by atoms with Crippen LogP contribution in [0.3, 0.4) is 0 Å². The highest BCUT2D eigenvalue weighted by atomic mass is 35.5. The third-order valence-electron chi connectivity index (χ3n) is 2.69. The van der Waals surface area contributed by atoms with Crippen LogP contribution in [0.25, 0.3) is 0 Å². The molecule has 3 rings (SSSR count). The standard InChI is InChI=1S/C12H12ClN3O2S/c1-7-14-12(16-15-7)19-5-9-3-10(13)2-8-4-17-6-18-11(8)9/h2-3H,4-6H2,1H3,(H,14,15,16).